The first-order valence-electron chi connectivity index (χ1n) is 8.47. The maximum absolute atomic E-state index is 5.72. The second-order valence-electron chi connectivity index (χ2n) is 5.73. The Kier molecular flexibility index (Phi) is 7.75. The van der Waals surface area contributed by atoms with Gasteiger partial charge >= 0.3 is 0 Å². The van der Waals surface area contributed by atoms with Crippen LogP contribution in [0.5, 0.6) is 5.75 Å². The summed E-state index contributed by atoms with van der Waals surface area (Å²) in [6, 6.07) is 6.38. The number of likely N-dealkylation sites (N-methyl/N-ethyl adjacent to an activating group) is 1. The summed E-state index contributed by atoms with van der Waals surface area (Å²) in [6.45, 7) is 9.83. The second-order valence-corrected chi connectivity index (χ2v) is 5.73. The lowest BCUT2D eigenvalue weighted by molar-refractivity contribution is 0.223. The smallest absolute Gasteiger partial charge is 0.139 e. The molecule has 2 rings (SSSR count). The molecule has 0 fully saturated rings. The lowest BCUT2D eigenvalue weighted by atomic mass is 9.98. The molecule has 0 atom stereocenters. The van der Waals surface area contributed by atoms with E-state index in [2.05, 4.69) is 48.4 Å². The van der Waals surface area contributed by atoms with E-state index in [1.807, 2.05) is 12.2 Å². The first-order chi connectivity index (χ1) is 11.8. The van der Waals surface area contributed by atoms with Gasteiger partial charge < -0.3 is 14.8 Å². The molecule has 0 aliphatic carbocycles. The van der Waals surface area contributed by atoms with Crippen molar-refractivity contribution in [2.75, 3.05) is 40.1 Å². The summed E-state index contributed by atoms with van der Waals surface area (Å²) in [6.07, 6.45) is 7.02. The van der Waals surface area contributed by atoms with E-state index in [9.17, 15) is 0 Å². The van der Waals surface area contributed by atoms with Crippen LogP contribution in [-0.4, -0.2) is 40.1 Å². The van der Waals surface area contributed by atoms with E-state index in [1.165, 1.54) is 16.7 Å². The fraction of sp³-hybridized carbons (Fsp3) is 0.400. The van der Waals surface area contributed by atoms with Crippen molar-refractivity contribution < 1.29 is 9.47 Å². The third kappa shape index (κ3) is 5.34. The zero-order valence-electron chi connectivity index (χ0n) is 14.7. The summed E-state index contributed by atoms with van der Waals surface area (Å²) in [4.78, 5) is 0. The van der Waals surface area contributed by atoms with Crippen molar-refractivity contribution in [2.24, 2.45) is 0 Å². The lowest BCUT2D eigenvalue weighted by Crippen LogP contribution is -2.19. The molecule has 4 nitrogen and oxygen atoms in total. The lowest BCUT2D eigenvalue weighted by Gasteiger charge is -2.12. The van der Waals surface area contributed by atoms with Gasteiger partial charge in [0.05, 0.1) is 6.61 Å². The van der Waals surface area contributed by atoms with Gasteiger partial charge in [-0.1, -0.05) is 37.8 Å². The van der Waals surface area contributed by atoms with Crippen LogP contribution in [0.4, 0.5) is 0 Å². The molecule has 1 aromatic carbocycles. The molecule has 1 aliphatic rings. The molecule has 1 aliphatic heterocycles. The third-order valence-electron chi connectivity index (χ3n) is 3.88. The summed E-state index contributed by atoms with van der Waals surface area (Å²) in [5.41, 5.74) is 4.75. The number of hydrogen-bond acceptors (Lipinski definition) is 4. The molecule has 2 N–H and O–H groups in total. The number of allylic oxidation sites excluding steroid dienone is 4. The number of methoxy groups -OCH3 is 1. The van der Waals surface area contributed by atoms with Gasteiger partial charge in [-0.15, -0.1) is 0 Å². The molecular weight excluding hydrogens is 300 g/mol. The van der Waals surface area contributed by atoms with Crippen LogP contribution >= 0.6 is 0 Å². The zero-order valence-corrected chi connectivity index (χ0v) is 14.7. The standard InChI is InChI=1S/C20H28N2O2/c1-4-6-17(11-16(14-23-3)13-21-5-2)18-7-8-20-19(12-18)9-10-22-15-24-20/h4,6-8,11-12,21-22H,1,5,9-10,13-15H2,2-3H3/b16-11-,17-6+. The minimum absolute atomic E-state index is 0.572. The Bertz CT molecular complexity index is 606. The molecule has 0 aromatic heterocycles. The van der Waals surface area contributed by atoms with Gasteiger partial charge in [0.15, 0.2) is 0 Å². The number of ether oxygens (including phenoxy) is 2. The molecule has 0 unspecified atom stereocenters. The molecule has 1 aromatic rings. The minimum atomic E-state index is 0.572. The quantitative estimate of drug-likeness (QED) is 0.720. The van der Waals surface area contributed by atoms with E-state index in [-0.39, 0.29) is 0 Å². The van der Waals surface area contributed by atoms with E-state index in [0.717, 1.165) is 37.4 Å². The Labute approximate surface area is 145 Å². The van der Waals surface area contributed by atoms with Crippen LogP contribution < -0.4 is 15.4 Å². The van der Waals surface area contributed by atoms with Crippen molar-refractivity contribution in [1.82, 2.24) is 10.6 Å². The average Bonchev–Trinajstić information content (AvgIpc) is 2.84. The van der Waals surface area contributed by atoms with Gasteiger partial charge in [0.25, 0.3) is 0 Å². The fourth-order valence-electron chi connectivity index (χ4n) is 2.71. The number of rotatable bonds is 8. The molecule has 0 amide bonds. The molecule has 1 heterocycles. The van der Waals surface area contributed by atoms with Gasteiger partial charge in [0.1, 0.15) is 12.5 Å². The summed E-state index contributed by atoms with van der Waals surface area (Å²) in [5, 5.41) is 6.61. The first-order valence-corrected chi connectivity index (χ1v) is 8.47. The van der Waals surface area contributed by atoms with Crippen LogP contribution in [0, 0.1) is 0 Å². The maximum atomic E-state index is 5.72. The Morgan fingerprint density at radius 2 is 2.33 bits per heavy atom. The van der Waals surface area contributed by atoms with Crippen molar-refractivity contribution in [3.05, 3.63) is 59.7 Å². The van der Waals surface area contributed by atoms with Crippen LogP contribution in [0.3, 0.4) is 0 Å². The molecule has 24 heavy (non-hydrogen) atoms. The van der Waals surface area contributed by atoms with Crippen LogP contribution in [0.25, 0.3) is 5.57 Å². The Morgan fingerprint density at radius 3 is 3.08 bits per heavy atom. The van der Waals surface area contributed by atoms with Crippen LogP contribution in [0.1, 0.15) is 18.1 Å². The highest BCUT2D eigenvalue weighted by Crippen LogP contribution is 2.27. The summed E-state index contributed by atoms with van der Waals surface area (Å²) in [7, 11) is 1.73. The Balaban J connectivity index is 2.31. The van der Waals surface area contributed by atoms with Gasteiger partial charge in [-0.2, -0.15) is 0 Å². The number of fused-ring (bicyclic) bond motifs is 1. The molecule has 4 heteroatoms. The highest BCUT2D eigenvalue weighted by molar-refractivity contribution is 5.76. The van der Waals surface area contributed by atoms with Crippen molar-refractivity contribution in [2.45, 2.75) is 13.3 Å². The zero-order chi connectivity index (χ0) is 17.2. The first kappa shape index (κ1) is 18.5. The molecule has 0 saturated carbocycles. The predicted octanol–water partition coefficient (Wildman–Crippen LogP) is 2.92. The van der Waals surface area contributed by atoms with Gasteiger partial charge in [-0.05, 0) is 47.4 Å². The van der Waals surface area contributed by atoms with Gasteiger partial charge in [0.2, 0.25) is 0 Å². The normalized spacial score (nSPS) is 15.4. The number of benzene rings is 1. The SMILES string of the molecule is C=C/C=C(\C=C(\CNCC)COC)c1ccc2c(c1)CCNCO2. The third-order valence-corrected chi connectivity index (χ3v) is 3.88. The molecule has 0 bridgehead atoms. The van der Waals surface area contributed by atoms with E-state index >= 15 is 0 Å². The number of hydrogen-bond donors (Lipinski definition) is 2. The van der Waals surface area contributed by atoms with Crippen LogP contribution in [0.2, 0.25) is 0 Å². The van der Waals surface area contributed by atoms with Crippen molar-refractivity contribution in [1.29, 1.82) is 0 Å². The highest BCUT2D eigenvalue weighted by Gasteiger charge is 2.10. The Hall–Kier alpha value is -1.88. The van der Waals surface area contributed by atoms with Crippen LogP contribution in [0.15, 0.2) is 48.6 Å². The van der Waals surface area contributed by atoms with Gasteiger partial charge in [0, 0.05) is 20.2 Å². The Morgan fingerprint density at radius 1 is 1.46 bits per heavy atom. The topological polar surface area (TPSA) is 42.5 Å². The maximum Gasteiger partial charge on any atom is 0.139 e. The molecule has 0 spiro atoms. The largest absolute Gasteiger partial charge is 0.478 e. The monoisotopic (exact) mass is 328 g/mol. The summed E-state index contributed by atoms with van der Waals surface area (Å²) < 4.78 is 11.1. The van der Waals surface area contributed by atoms with Crippen molar-refractivity contribution >= 4 is 5.57 Å². The van der Waals surface area contributed by atoms with Crippen molar-refractivity contribution in [3.63, 3.8) is 0 Å². The minimum Gasteiger partial charge on any atom is -0.478 e. The molecule has 0 radical (unpaired) electrons. The van der Waals surface area contributed by atoms with Gasteiger partial charge in [-0.25, -0.2) is 0 Å². The predicted molar refractivity (Wildman–Crippen MR) is 100 cm³/mol. The van der Waals surface area contributed by atoms with Crippen molar-refractivity contribution in [3.8, 4) is 5.75 Å². The molecule has 0 saturated heterocycles. The second kappa shape index (κ2) is 10.1. The highest BCUT2D eigenvalue weighted by atomic mass is 16.5. The van der Waals surface area contributed by atoms with E-state index < -0.39 is 0 Å². The number of nitrogens with one attached hydrogen (secondary N) is 2. The average molecular weight is 328 g/mol. The summed E-state index contributed by atoms with van der Waals surface area (Å²) in [5.74, 6) is 0.968. The molecule has 130 valence electrons. The molecular formula is C20H28N2O2. The van der Waals surface area contributed by atoms with E-state index in [4.69, 9.17) is 9.47 Å². The summed E-state index contributed by atoms with van der Waals surface area (Å²) >= 11 is 0. The van der Waals surface area contributed by atoms with E-state index in [0.29, 0.717) is 13.3 Å². The van der Waals surface area contributed by atoms with Crippen LogP contribution in [-0.2, 0) is 11.2 Å². The fourth-order valence-corrected chi connectivity index (χ4v) is 2.71. The van der Waals surface area contributed by atoms with E-state index in [1.54, 1.807) is 7.11 Å². The van der Waals surface area contributed by atoms with Gasteiger partial charge in [-0.3, -0.25) is 5.32 Å².